The topological polar surface area (TPSA) is 68.3 Å². The van der Waals surface area contributed by atoms with Crippen LogP contribution in [-0.2, 0) is 9.53 Å². The summed E-state index contributed by atoms with van der Waals surface area (Å²) >= 11 is 0. The predicted molar refractivity (Wildman–Crippen MR) is 88.0 cm³/mol. The fourth-order valence-corrected chi connectivity index (χ4v) is 2.07. The monoisotopic (exact) mass is 310 g/mol. The molecule has 0 aliphatic heterocycles. The van der Waals surface area contributed by atoms with Gasteiger partial charge in [0.15, 0.2) is 0 Å². The van der Waals surface area contributed by atoms with Gasteiger partial charge in [0.05, 0.1) is 18.5 Å². The summed E-state index contributed by atoms with van der Waals surface area (Å²) in [6, 6.07) is 12.2. The number of rotatable bonds is 6. The number of Topliss-reactive ketones (excluding diaryl/α,β-unsaturated/α-hetero) is 1. The number of benzene rings is 1. The van der Waals surface area contributed by atoms with Crippen molar-refractivity contribution in [3.05, 3.63) is 71.7 Å². The van der Waals surface area contributed by atoms with Crippen molar-refractivity contribution in [1.29, 1.82) is 0 Å². The first kappa shape index (κ1) is 16.4. The maximum absolute atomic E-state index is 12.7. The highest BCUT2D eigenvalue weighted by Crippen LogP contribution is 2.17. The van der Waals surface area contributed by atoms with Gasteiger partial charge in [0, 0.05) is 17.5 Å². The number of hydrogen-bond acceptors (Lipinski definition) is 5. The van der Waals surface area contributed by atoms with Gasteiger partial charge in [-0.15, -0.1) is 0 Å². The fourth-order valence-electron chi connectivity index (χ4n) is 2.07. The fraction of sp³-hybridized carbons (Fsp3) is 0.167. The molecule has 0 bridgehead atoms. The van der Waals surface area contributed by atoms with Crippen molar-refractivity contribution in [1.82, 2.24) is 4.98 Å². The maximum Gasteiger partial charge on any atom is 0.343 e. The van der Waals surface area contributed by atoms with Crippen LogP contribution in [0.15, 0.2) is 66.1 Å². The predicted octanol–water partition coefficient (Wildman–Crippen LogP) is 3.21. The molecule has 1 heterocycles. The highest BCUT2D eigenvalue weighted by molar-refractivity contribution is 6.24. The lowest BCUT2D eigenvalue weighted by molar-refractivity contribution is -0.138. The molecule has 0 aliphatic carbocycles. The second-order valence-electron chi connectivity index (χ2n) is 4.78. The third kappa shape index (κ3) is 4.26. The third-order valence-corrected chi connectivity index (χ3v) is 3.11. The molecule has 2 rings (SSSR count). The summed E-state index contributed by atoms with van der Waals surface area (Å²) in [6.45, 7) is 3.57. The van der Waals surface area contributed by atoms with E-state index in [1.807, 2.05) is 6.07 Å². The van der Waals surface area contributed by atoms with Crippen LogP contribution in [0.1, 0.15) is 24.2 Å². The van der Waals surface area contributed by atoms with Crippen LogP contribution >= 0.6 is 0 Å². The van der Waals surface area contributed by atoms with Crippen LogP contribution in [0.25, 0.3) is 0 Å². The molecule has 0 saturated carbocycles. The van der Waals surface area contributed by atoms with E-state index in [2.05, 4.69) is 10.3 Å². The van der Waals surface area contributed by atoms with Crippen LogP contribution in [-0.4, -0.2) is 23.3 Å². The summed E-state index contributed by atoms with van der Waals surface area (Å²) in [4.78, 5) is 28.9. The standard InChI is InChI=1S/C18H18N2O3/c1-3-23-18(22)16(17(21)14-8-5-4-6-9-14)13(2)20-15-10-7-11-19-12-15/h4-12,20H,3H2,1-2H3/b16-13-. The van der Waals surface area contributed by atoms with Gasteiger partial charge in [-0.2, -0.15) is 0 Å². The molecule has 5 heteroatoms. The average molecular weight is 310 g/mol. The highest BCUT2D eigenvalue weighted by Gasteiger charge is 2.24. The molecule has 1 aromatic heterocycles. The molecule has 2 aromatic rings. The van der Waals surface area contributed by atoms with E-state index in [9.17, 15) is 9.59 Å². The van der Waals surface area contributed by atoms with E-state index in [0.717, 1.165) is 0 Å². The molecular formula is C18H18N2O3. The number of ketones is 1. The Morgan fingerprint density at radius 1 is 1.13 bits per heavy atom. The molecular weight excluding hydrogens is 292 g/mol. The number of carbonyl (C=O) groups is 2. The smallest absolute Gasteiger partial charge is 0.343 e. The Kier molecular flexibility index (Phi) is 5.63. The lowest BCUT2D eigenvalue weighted by Gasteiger charge is -2.12. The van der Waals surface area contributed by atoms with E-state index in [4.69, 9.17) is 4.74 Å². The van der Waals surface area contributed by atoms with Crippen molar-refractivity contribution < 1.29 is 14.3 Å². The molecule has 0 fully saturated rings. The number of carbonyl (C=O) groups excluding carboxylic acids is 2. The number of allylic oxidation sites excluding steroid dienone is 1. The van der Waals surface area contributed by atoms with Crippen molar-refractivity contribution in [2.45, 2.75) is 13.8 Å². The van der Waals surface area contributed by atoms with Crippen LogP contribution in [0.3, 0.4) is 0 Å². The van der Waals surface area contributed by atoms with Crippen LogP contribution in [0.5, 0.6) is 0 Å². The van der Waals surface area contributed by atoms with Gasteiger partial charge in [-0.3, -0.25) is 9.78 Å². The van der Waals surface area contributed by atoms with Crippen LogP contribution in [0, 0.1) is 0 Å². The second kappa shape index (κ2) is 7.89. The van der Waals surface area contributed by atoms with Gasteiger partial charge in [-0.05, 0) is 26.0 Å². The highest BCUT2D eigenvalue weighted by atomic mass is 16.5. The van der Waals surface area contributed by atoms with Crippen LogP contribution in [0.2, 0.25) is 0 Å². The summed E-state index contributed by atoms with van der Waals surface area (Å²) in [6.07, 6.45) is 3.25. The van der Waals surface area contributed by atoms with Gasteiger partial charge in [0.2, 0.25) is 5.78 Å². The molecule has 1 aromatic carbocycles. The SMILES string of the molecule is CCOC(=O)/C(C(=O)c1ccccc1)=C(/C)Nc1cccnc1. The number of pyridine rings is 1. The lowest BCUT2D eigenvalue weighted by Crippen LogP contribution is -2.20. The summed E-state index contributed by atoms with van der Waals surface area (Å²) in [5, 5.41) is 3.03. The van der Waals surface area contributed by atoms with Gasteiger partial charge in [-0.1, -0.05) is 30.3 Å². The minimum absolute atomic E-state index is 0.0121. The molecule has 0 spiro atoms. The minimum Gasteiger partial charge on any atom is -0.462 e. The summed E-state index contributed by atoms with van der Waals surface area (Å²) in [7, 11) is 0. The summed E-state index contributed by atoms with van der Waals surface area (Å²) < 4.78 is 5.03. The van der Waals surface area contributed by atoms with E-state index < -0.39 is 5.97 Å². The van der Waals surface area contributed by atoms with Gasteiger partial charge in [0.25, 0.3) is 0 Å². The number of anilines is 1. The third-order valence-electron chi connectivity index (χ3n) is 3.11. The number of aromatic nitrogens is 1. The second-order valence-corrected chi connectivity index (χ2v) is 4.78. The van der Waals surface area contributed by atoms with Crippen LogP contribution in [0.4, 0.5) is 5.69 Å². The first-order valence-electron chi connectivity index (χ1n) is 7.28. The van der Waals surface area contributed by atoms with Gasteiger partial charge >= 0.3 is 5.97 Å². The Morgan fingerprint density at radius 3 is 2.48 bits per heavy atom. The van der Waals surface area contributed by atoms with Crippen molar-refractivity contribution in [3.8, 4) is 0 Å². The van der Waals surface area contributed by atoms with E-state index in [1.54, 1.807) is 62.6 Å². The molecule has 118 valence electrons. The summed E-state index contributed by atoms with van der Waals surface area (Å²) in [5.41, 5.74) is 1.53. The molecule has 0 saturated heterocycles. The first-order valence-corrected chi connectivity index (χ1v) is 7.28. The Balaban J connectivity index is 2.38. The van der Waals surface area contributed by atoms with E-state index in [-0.39, 0.29) is 18.0 Å². The minimum atomic E-state index is -0.643. The van der Waals surface area contributed by atoms with Gasteiger partial charge in [-0.25, -0.2) is 4.79 Å². The van der Waals surface area contributed by atoms with Gasteiger partial charge < -0.3 is 10.1 Å². The van der Waals surface area contributed by atoms with Crippen LogP contribution < -0.4 is 5.32 Å². The molecule has 5 nitrogen and oxygen atoms in total. The number of nitrogens with zero attached hydrogens (tertiary/aromatic N) is 1. The molecule has 0 radical (unpaired) electrons. The van der Waals surface area contributed by atoms with Crippen molar-refractivity contribution >= 4 is 17.4 Å². The van der Waals surface area contributed by atoms with Crippen molar-refractivity contribution in [2.75, 3.05) is 11.9 Å². The lowest BCUT2D eigenvalue weighted by atomic mass is 10.0. The number of ether oxygens (including phenoxy) is 1. The zero-order valence-electron chi connectivity index (χ0n) is 13.1. The summed E-state index contributed by atoms with van der Waals surface area (Å²) in [5.74, 6) is -1.02. The quantitative estimate of drug-likeness (QED) is 0.292. The van der Waals surface area contributed by atoms with E-state index >= 15 is 0 Å². The molecule has 0 amide bonds. The van der Waals surface area contributed by atoms with E-state index in [0.29, 0.717) is 16.9 Å². The number of hydrogen-bond donors (Lipinski definition) is 1. The molecule has 23 heavy (non-hydrogen) atoms. The molecule has 0 aliphatic rings. The molecule has 0 unspecified atom stereocenters. The zero-order valence-corrected chi connectivity index (χ0v) is 13.1. The van der Waals surface area contributed by atoms with Crippen molar-refractivity contribution in [2.24, 2.45) is 0 Å². The van der Waals surface area contributed by atoms with Gasteiger partial charge in [0.1, 0.15) is 5.57 Å². The van der Waals surface area contributed by atoms with E-state index in [1.165, 1.54) is 0 Å². The first-order chi connectivity index (χ1) is 11.1. The number of nitrogens with one attached hydrogen (secondary N) is 1. The Labute approximate surface area is 135 Å². The normalized spacial score (nSPS) is 11.4. The Bertz CT molecular complexity index is 710. The maximum atomic E-state index is 12.7. The Morgan fingerprint density at radius 2 is 1.87 bits per heavy atom. The Hall–Kier alpha value is -2.95. The number of esters is 1. The van der Waals surface area contributed by atoms with Crippen molar-refractivity contribution in [3.63, 3.8) is 0 Å². The largest absolute Gasteiger partial charge is 0.462 e. The molecule has 1 N–H and O–H groups in total. The zero-order chi connectivity index (χ0) is 16.7. The average Bonchev–Trinajstić information content (AvgIpc) is 2.57. The molecule has 0 atom stereocenters.